The molecule has 0 saturated heterocycles. The van der Waals surface area contributed by atoms with Crippen LogP contribution in [0.5, 0.6) is 0 Å². The fourth-order valence-corrected chi connectivity index (χ4v) is 1.86. The van der Waals surface area contributed by atoms with Gasteiger partial charge in [-0.2, -0.15) is 0 Å². The van der Waals surface area contributed by atoms with E-state index in [1.165, 1.54) is 0 Å². The van der Waals surface area contributed by atoms with Gasteiger partial charge in [-0.05, 0) is 19.3 Å². The molecule has 0 rings (SSSR count). The Labute approximate surface area is 77.5 Å². The van der Waals surface area contributed by atoms with Crippen molar-refractivity contribution in [1.29, 1.82) is 0 Å². The van der Waals surface area contributed by atoms with Crippen LogP contribution in [-0.4, -0.2) is 9.70 Å². The highest BCUT2D eigenvalue weighted by molar-refractivity contribution is 9.09. The maximum Gasteiger partial charge on any atom is 0.0566 e. The molecular weight excluding hydrogens is 211 g/mol. The summed E-state index contributed by atoms with van der Waals surface area (Å²) in [5.41, 5.74) is 0. The Morgan fingerprint density at radius 2 is 1.70 bits per heavy atom. The molecule has 0 fully saturated rings. The van der Waals surface area contributed by atoms with Gasteiger partial charge in [0.1, 0.15) is 0 Å². The Bertz CT molecular complexity index is 89.3. The molecule has 0 aromatic rings. The molecule has 0 aliphatic rings. The summed E-state index contributed by atoms with van der Waals surface area (Å²) >= 11 is 9.90. The fourth-order valence-electron chi connectivity index (χ4n) is 1.06. The second-order valence-electron chi connectivity index (χ2n) is 2.62. The highest BCUT2D eigenvalue weighted by Crippen LogP contribution is 2.34. The molecule has 0 aromatic carbocycles. The highest BCUT2D eigenvalue weighted by Gasteiger charge is 2.29. The molecule has 0 N–H and O–H groups in total. The van der Waals surface area contributed by atoms with Gasteiger partial charge in [0.15, 0.2) is 0 Å². The molecule has 1 unspecified atom stereocenters. The van der Waals surface area contributed by atoms with E-state index in [0.717, 1.165) is 19.3 Å². The Morgan fingerprint density at radius 3 is 1.80 bits per heavy atom. The summed E-state index contributed by atoms with van der Waals surface area (Å²) in [5, 5.41) is 0. The molecule has 0 radical (unpaired) electrons. The van der Waals surface area contributed by atoms with Crippen LogP contribution in [0, 0.1) is 0 Å². The first kappa shape index (κ1) is 10.8. The molecular formula is C8H16BrCl. The van der Waals surface area contributed by atoms with Crippen LogP contribution in [0.1, 0.15) is 40.0 Å². The number of alkyl halides is 2. The van der Waals surface area contributed by atoms with Gasteiger partial charge in [-0.25, -0.2) is 0 Å². The molecule has 2 heteroatoms. The first-order valence-electron chi connectivity index (χ1n) is 3.93. The SMILES string of the molecule is CCC(Br)C(Cl)(CC)CC. The summed E-state index contributed by atoms with van der Waals surface area (Å²) in [6.45, 7) is 6.43. The van der Waals surface area contributed by atoms with Gasteiger partial charge in [0.2, 0.25) is 0 Å². The van der Waals surface area contributed by atoms with Crippen LogP contribution in [-0.2, 0) is 0 Å². The van der Waals surface area contributed by atoms with Crippen LogP contribution in [0.25, 0.3) is 0 Å². The molecule has 0 aliphatic heterocycles. The average Bonchev–Trinajstić information content (AvgIpc) is 2.01. The monoisotopic (exact) mass is 226 g/mol. The zero-order chi connectivity index (χ0) is 8.20. The molecule has 0 aromatic heterocycles. The van der Waals surface area contributed by atoms with Crippen LogP contribution < -0.4 is 0 Å². The summed E-state index contributed by atoms with van der Waals surface area (Å²) in [4.78, 5) is 0.436. The summed E-state index contributed by atoms with van der Waals surface area (Å²) in [5.74, 6) is 0. The van der Waals surface area contributed by atoms with E-state index >= 15 is 0 Å². The van der Waals surface area contributed by atoms with Crippen LogP contribution >= 0.6 is 27.5 Å². The highest BCUT2D eigenvalue weighted by atomic mass is 79.9. The second-order valence-corrected chi connectivity index (χ2v) is 4.48. The van der Waals surface area contributed by atoms with Gasteiger partial charge in [0, 0.05) is 4.83 Å². The van der Waals surface area contributed by atoms with E-state index in [-0.39, 0.29) is 4.87 Å². The average molecular weight is 228 g/mol. The van der Waals surface area contributed by atoms with Gasteiger partial charge >= 0.3 is 0 Å². The van der Waals surface area contributed by atoms with E-state index in [1.54, 1.807) is 0 Å². The number of halogens is 2. The predicted molar refractivity (Wildman–Crippen MR) is 52.2 cm³/mol. The van der Waals surface area contributed by atoms with Crippen molar-refractivity contribution in [1.82, 2.24) is 0 Å². The molecule has 0 spiro atoms. The van der Waals surface area contributed by atoms with Gasteiger partial charge < -0.3 is 0 Å². The van der Waals surface area contributed by atoms with Crippen molar-refractivity contribution >= 4 is 27.5 Å². The summed E-state index contributed by atoms with van der Waals surface area (Å²) < 4.78 is 0. The van der Waals surface area contributed by atoms with Crippen LogP contribution in [0.15, 0.2) is 0 Å². The van der Waals surface area contributed by atoms with Crippen molar-refractivity contribution in [3.05, 3.63) is 0 Å². The fraction of sp³-hybridized carbons (Fsp3) is 1.00. The minimum absolute atomic E-state index is 0.0191. The lowest BCUT2D eigenvalue weighted by Gasteiger charge is -2.28. The molecule has 0 nitrogen and oxygen atoms in total. The van der Waals surface area contributed by atoms with Crippen molar-refractivity contribution in [3.63, 3.8) is 0 Å². The van der Waals surface area contributed by atoms with E-state index < -0.39 is 0 Å². The van der Waals surface area contributed by atoms with Gasteiger partial charge in [-0.3, -0.25) is 0 Å². The minimum atomic E-state index is -0.0191. The Hall–Kier alpha value is 0.770. The van der Waals surface area contributed by atoms with Crippen LogP contribution in [0.3, 0.4) is 0 Å². The normalized spacial score (nSPS) is 15.3. The smallest absolute Gasteiger partial charge is 0.0566 e. The number of hydrogen-bond donors (Lipinski definition) is 0. The molecule has 0 saturated carbocycles. The topological polar surface area (TPSA) is 0 Å². The third kappa shape index (κ3) is 2.43. The lowest BCUT2D eigenvalue weighted by atomic mass is 9.97. The number of hydrogen-bond acceptors (Lipinski definition) is 0. The first-order chi connectivity index (χ1) is 4.60. The van der Waals surface area contributed by atoms with E-state index in [2.05, 4.69) is 36.7 Å². The van der Waals surface area contributed by atoms with E-state index in [0.29, 0.717) is 4.83 Å². The lowest BCUT2D eigenvalue weighted by Crippen LogP contribution is -2.30. The van der Waals surface area contributed by atoms with Crippen molar-refractivity contribution in [2.75, 3.05) is 0 Å². The Morgan fingerprint density at radius 1 is 1.30 bits per heavy atom. The molecule has 0 aliphatic carbocycles. The van der Waals surface area contributed by atoms with Crippen molar-refractivity contribution in [3.8, 4) is 0 Å². The minimum Gasteiger partial charge on any atom is -0.118 e. The standard InChI is InChI=1S/C8H16BrCl/c1-4-7(9)8(10,5-2)6-3/h7H,4-6H2,1-3H3. The summed E-state index contributed by atoms with van der Waals surface area (Å²) in [6.07, 6.45) is 3.18. The first-order valence-corrected chi connectivity index (χ1v) is 5.23. The van der Waals surface area contributed by atoms with Gasteiger partial charge in [0.05, 0.1) is 4.87 Å². The summed E-state index contributed by atoms with van der Waals surface area (Å²) in [7, 11) is 0. The van der Waals surface area contributed by atoms with Gasteiger partial charge in [-0.15, -0.1) is 11.6 Å². The van der Waals surface area contributed by atoms with Gasteiger partial charge in [-0.1, -0.05) is 36.7 Å². The predicted octanol–water partition coefficient (Wildman–Crippen LogP) is 3.96. The third-order valence-corrected chi connectivity index (χ3v) is 4.68. The quantitative estimate of drug-likeness (QED) is 0.638. The van der Waals surface area contributed by atoms with Crippen molar-refractivity contribution < 1.29 is 0 Å². The van der Waals surface area contributed by atoms with Crippen LogP contribution in [0.2, 0.25) is 0 Å². The molecule has 62 valence electrons. The molecule has 1 atom stereocenters. The lowest BCUT2D eigenvalue weighted by molar-refractivity contribution is 0.509. The van der Waals surface area contributed by atoms with Crippen LogP contribution in [0.4, 0.5) is 0 Å². The van der Waals surface area contributed by atoms with E-state index in [4.69, 9.17) is 11.6 Å². The largest absolute Gasteiger partial charge is 0.118 e. The zero-order valence-electron chi connectivity index (χ0n) is 6.95. The molecule has 0 bridgehead atoms. The Kier molecular flexibility index (Phi) is 4.96. The molecule has 10 heavy (non-hydrogen) atoms. The van der Waals surface area contributed by atoms with E-state index in [9.17, 15) is 0 Å². The number of rotatable bonds is 4. The molecule has 0 amide bonds. The third-order valence-electron chi connectivity index (χ3n) is 2.10. The second kappa shape index (κ2) is 4.61. The van der Waals surface area contributed by atoms with Crippen molar-refractivity contribution in [2.24, 2.45) is 0 Å². The maximum atomic E-state index is 6.31. The van der Waals surface area contributed by atoms with Crippen molar-refractivity contribution in [2.45, 2.75) is 49.7 Å². The van der Waals surface area contributed by atoms with E-state index in [1.807, 2.05) is 0 Å². The summed E-state index contributed by atoms with van der Waals surface area (Å²) in [6, 6.07) is 0. The van der Waals surface area contributed by atoms with Gasteiger partial charge in [0.25, 0.3) is 0 Å². The molecule has 0 heterocycles. The maximum absolute atomic E-state index is 6.31. The zero-order valence-corrected chi connectivity index (χ0v) is 9.30. The Balaban J connectivity index is 4.02.